The molecule has 134 valence electrons. The van der Waals surface area contributed by atoms with E-state index in [0.717, 1.165) is 0 Å². The average molecular weight is 353 g/mol. The van der Waals surface area contributed by atoms with Crippen LogP contribution in [0.5, 0.6) is 0 Å². The Morgan fingerprint density at radius 3 is 2.77 bits per heavy atom. The second kappa shape index (κ2) is 7.91. The number of carbonyl (C=O) groups excluding carboxylic acids is 1. The van der Waals surface area contributed by atoms with Crippen molar-refractivity contribution in [2.45, 2.75) is 32.9 Å². The van der Waals surface area contributed by atoms with E-state index in [2.05, 4.69) is 10.3 Å². The summed E-state index contributed by atoms with van der Waals surface area (Å²) in [5.74, 6) is 0.0977. The van der Waals surface area contributed by atoms with E-state index in [1.54, 1.807) is 28.8 Å². The van der Waals surface area contributed by atoms with Crippen molar-refractivity contribution in [3.63, 3.8) is 0 Å². The molecule has 0 atom stereocenters. The number of halogens is 1. The number of hydrogen-bond acceptors (Lipinski definition) is 3. The van der Waals surface area contributed by atoms with Gasteiger partial charge < -0.3 is 5.32 Å². The molecule has 0 fully saturated rings. The van der Waals surface area contributed by atoms with Crippen LogP contribution in [-0.2, 0) is 24.3 Å². The number of hydrogen-bond donors (Lipinski definition) is 1. The third-order valence-corrected chi connectivity index (χ3v) is 4.21. The van der Waals surface area contributed by atoms with Crippen LogP contribution in [0.3, 0.4) is 0 Å². The fraction of sp³-hybridized carbons (Fsp3) is 0.250. The fourth-order valence-electron chi connectivity index (χ4n) is 2.89. The number of fused-ring (bicyclic) bond motifs is 1. The Labute approximate surface area is 150 Å². The summed E-state index contributed by atoms with van der Waals surface area (Å²) in [5, 5.41) is 3.34. The van der Waals surface area contributed by atoms with E-state index < -0.39 is 0 Å². The first kappa shape index (κ1) is 17.8. The summed E-state index contributed by atoms with van der Waals surface area (Å²) in [5.41, 5.74) is 1.25. The van der Waals surface area contributed by atoms with Crippen molar-refractivity contribution in [1.82, 2.24) is 14.9 Å². The fourth-order valence-corrected chi connectivity index (χ4v) is 2.89. The third kappa shape index (κ3) is 3.96. The Kier molecular flexibility index (Phi) is 5.41. The van der Waals surface area contributed by atoms with E-state index in [9.17, 15) is 14.0 Å². The molecule has 1 heterocycles. The van der Waals surface area contributed by atoms with Gasteiger partial charge in [0, 0.05) is 25.9 Å². The van der Waals surface area contributed by atoms with E-state index in [4.69, 9.17) is 0 Å². The van der Waals surface area contributed by atoms with Crippen LogP contribution in [0.4, 0.5) is 4.39 Å². The van der Waals surface area contributed by atoms with E-state index in [1.807, 2.05) is 19.1 Å². The summed E-state index contributed by atoms with van der Waals surface area (Å²) in [4.78, 5) is 29.2. The van der Waals surface area contributed by atoms with E-state index in [0.29, 0.717) is 35.3 Å². The minimum atomic E-state index is -0.330. The highest BCUT2D eigenvalue weighted by Crippen LogP contribution is 2.09. The van der Waals surface area contributed by atoms with Gasteiger partial charge in [0.2, 0.25) is 5.91 Å². The molecule has 1 amide bonds. The number of nitrogens with one attached hydrogen (secondary N) is 1. The van der Waals surface area contributed by atoms with Crippen LogP contribution < -0.4 is 10.9 Å². The molecule has 26 heavy (non-hydrogen) atoms. The monoisotopic (exact) mass is 353 g/mol. The van der Waals surface area contributed by atoms with Crippen LogP contribution >= 0.6 is 0 Å². The second-order valence-corrected chi connectivity index (χ2v) is 6.00. The highest BCUT2D eigenvalue weighted by molar-refractivity contribution is 5.78. The van der Waals surface area contributed by atoms with Gasteiger partial charge >= 0.3 is 0 Å². The molecule has 0 unspecified atom stereocenters. The SMILES string of the molecule is CCn1c(CCC(=O)NCc2cccc(F)c2)nc2ccccc2c1=O. The minimum absolute atomic E-state index is 0.0896. The Bertz CT molecular complexity index is 998. The molecule has 1 N–H and O–H groups in total. The molecule has 0 aliphatic rings. The van der Waals surface area contributed by atoms with Crippen LogP contribution in [0, 0.1) is 5.82 Å². The molecule has 3 rings (SSSR count). The number of para-hydroxylation sites is 1. The lowest BCUT2D eigenvalue weighted by molar-refractivity contribution is -0.121. The molecule has 0 bridgehead atoms. The normalized spacial score (nSPS) is 10.8. The molecule has 2 aromatic carbocycles. The number of amides is 1. The Morgan fingerprint density at radius 2 is 2.00 bits per heavy atom. The first-order valence-electron chi connectivity index (χ1n) is 8.58. The summed E-state index contributed by atoms with van der Waals surface area (Å²) in [6.07, 6.45) is 0.572. The molecule has 0 aliphatic heterocycles. The first-order valence-corrected chi connectivity index (χ1v) is 8.58. The number of rotatable bonds is 6. The highest BCUT2D eigenvalue weighted by Gasteiger charge is 2.11. The maximum atomic E-state index is 13.2. The van der Waals surface area contributed by atoms with Crippen LogP contribution in [0.1, 0.15) is 24.7 Å². The highest BCUT2D eigenvalue weighted by atomic mass is 19.1. The van der Waals surface area contributed by atoms with Gasteiger partial charge in [-0.15, -0.1) is 0 Å². The Morgan fingerprint density at radius 1 is 1.19 bits per heavy atom. The zero-order valence-electron chi connectivity index (χ0n) is 14.5. The zero-order chi connectivity index (χ0) is 18.5. The second-order valence-electron chi connectivity index (χ2n) is 6.00. The summed E-state index contributed by atoms with van der Waals surface area (Å²) in [6, 6.07) is 13.3. The summed E-state index contributed by atoms with van der Waals surface area (Å²) < 4.78 is 14.8. The lowest BCUT2D eigenvalue weighted by Gasteiger charge is -2.12. The van der Waals surface area contributed by atoms with Gasteiger partial charge in [-0.05, 0) is 36.8 Å². The molecule has 5 nitrogen and oxygen atoms in total. The molecular formula is C20H20FN3O2. The van der Waals surface area contributed by atoms with Gasteiger partial charge in [0.15, 0.2) is 0 Å². The number of carbonyl (C=O) groups is 1. The number of nitrogens with zero attached hydrogens (tertiary/aromatic N) is 2. The minimum Gasteiger partial charge on any atom is -0.352 e. The van der Waals surface area contributed by atoms with Crippen molar-refractivity contribution in [2.24, 2.45) is 0 Å². The molecule has 6 heteroatoms. The molecule has 0 spiro atoms. The largest absolute Gasteiger partial charge is 0.352 e. The lowest BCUT2D eigenvalue weighted by Crippen LogP contribution is -2.27. The zero-order valence-corrected chi connectivity index (χ0v) is 14.5. The van der Waals surface area contributed by atoms with Crippen molar-refractivity contribution >= 4 is 16.8 Å². The van der Waals surface area contributed by atoms with Gasteiger partial charge in [-0.25, -0.2) is 9.37 Å². The van der Waals surface area contributed by atoms with E-state index in [-0.39, 0.29) is 30.2 Å². The number of aryl methyl sites for hydroxylation is 1. The topological polar surface area (TPSA) is 64.0 Å². The van der Waals surface area contributed by atoms with Gasteiger partial charge in [-0.1, -0.05) is 24.3 Å². The van der Waals surface area contributed by atoms with E-state index in [1.165, 1.54) is 12.1 Å². The predicted octanol–water partition coefficient (Wildman–Crippen LogP) is 2.80. The standard InChI is InChI=1S/C20H20FN3O2/c1-2-24-18(23-17-9-4-3-8-16(17)20(24)26)10-11-19(25)22-13-14-6-5-7-15(21)12-14/h3-9,12H,2,10-11,13H2,1H3,(H,22,25). The van der Waals surface area contributed by atoms with Gasteiger partial charge in [-0.2, -0.15) is 0 Å². The van der Waals surface area contributed by atoms with Gasteiger partial charge in [0.25, 0.3) is 5.56 Å². The smallest absolute Gasteiger partial charge is 0.261 e. The molecule has 0 radical (unpaired) electrons. The molecule has 0 saturated carbocycles. The van der Waals surface area contributed by atoms with Crippen LogP contribution in [0.15, 0.2) is 53.3 Å². The van der Waals surface area contributed by atoms with Crippen LogP contribution in [-0.4, -0.2) is 15.5 Å². The Hall–Kier alpha value is -3.02. The maximum absolute atomic E-state index is 13.2. The van der Waals surface area contributed by atoms with Crippen molar-refractivity contribution in [3.05, 3.63) is 76.1 Å². The molecule has 1 aromatic heterocycles. The molecular weight excluding hydrogens is 333 g/mol. The molecule has 0 aliphatic carbocycles. The number of aromatic nitrogens is 2. The molecule has 0 saturated heterocycles. The van der Waals surface area contributed by atoms with Gasteiger partial charge in [-0.3, -0.25) is 14.2 Å². The van der Waals surface area contributed by atoms with Crippen LogP contribution in [0.2, 0.25) is 0 Å². The summed E-state index contributed by atoms with van der Waals surface area (Å²) >= 11 is 0. The summed E-state index contributed by atoms with van der Waals surface area (Å²) in [6.45, 7) is 2.64. The van der Waals surface area contributed by atoms with Crippen molar-refractivity contribution in [3.8, 4) is 0 Å². The lowest BCUT2D eigenvalue weighted by atomic mass is 10.2. The number of benzene rings is 2. The quantitative estimate of drug-likeness (QED) is 0.741. The summed E-state index contributed by atoms with van der Waals surface area (Å²) in [7, 11) is 0. The maximum Gasteiger partial charge on any atom is 0.261 e. The Balaban J connectivity index is 1.69. The van der Waals surface area contributed by atoms with E-state index >= 15 is 0 Å². The predicted molar refractivity (Wildman–Crippen MR) is 98.2 cm³/mol. The first-order chi connectivity index (χ1) is 12.6. The third-order valence-electron chi connectivity index (χ3n) is 4.21. The van der Waals surface area contributed by atoms with Crippen molar-refractivity contribution in [1.29, 1.82) is 0 Å². The van der Waals surface area contributed by atoms with Gasteiger partial charge in [0.05, 0.1) is 10.9 Å². The van der Waals surface area contributed by atoms with Crippen molar-refractivity contribution < 1.29 is 9.18 Å². The van der Waals surface area contributed by atoms with Crippen LogP contribution in [0.25, 0.3) is 10.9 Å². The van der Waals surface area contributed by atoms with Crippen molar-refractivity contribution in [2.75, 3.05) is 0 Å². The van der Waals surface area contributed by atoms with Gasteiger partial charge in [0.1, 0.15) is 11.6 Å². The molecule has 3 aromatic rings. The average Bonchev–Trinajstić information content (AvgIpc) is 2.65.